The quantitative estimate of drug-likeness (QED) is 0.773. The Morgan fingerprint density at radius 2 is 2.25 bits per heavy atom. The molecule has 0 aliphatic rings. The molecule has 0 saturated heterocycles. The fraction of sp³-hybridized carbons (Fsp3) is 0.188. The van der Waals surface area contributed by atoms with E-state index in [0.29, 0.717) is 26.7 Å². The van der Waals surface area contributed by atoms with E-state index in [0.717, 1.165) is 5.56 Å². The van der Waals surface area contributed by atoms with Gasteiger partial charge in [-0.15, -0.1) is 11.3 Å². The summed E-state index contributed by atoms with van der Waals surface area (Å²) in [6.07, 6.45) is 1.38. The zero-order valence-corrected chi connectivity index (χ0v) is 14.6. The highest BCUT2D eigenvalue weighted by Gasteiger charge is 2.12. The highest BCUT2D eigenvalue weighted by Crippen LogP contribution is 2.30. The zero-order chi connectivity index (χ0) is 17.3. The fourth-order valence-corrected chi connectivity index (χ4v) is 3.16. The Hall–Kier alpha value is -2.38. The number of fused-ring (bicyclic) bond motifs is 1. The van der Waals surface area contributed by atoms with E-state index in [1.807, 2.05) is 6.92 Å². The predicted octanol–water partition coefficient (Wildman–Crippen LogP) is 3.07. The molecule has 0 unspecified atom stereocenters. The van der Waals surface area contributed by atoms with Gasteiger partial charge in [0, 0.05) is 11.1 Å². The summed E-state index contributed by atoms with van der Waals surface area (Å²) in [6.45, 7) is 1.69. The van der Waals surface area contributed by atoms with Crippen LogP contribution in [0.25, 0.3) is 10.2 Å². The van der Waals surface area contributed by atoms with Crippen molar-refractivity contribution < 1.29 is 9.53 Å². The van der Waals surface area contributed by atoms with Crippen molar-refractivity contribution in [3.8, 4) is 5.75 Å². The number of nitrogens with one attached hydrogen (secondary N) is 1. The number of methoxy groups -OCH3 is 1. The summed E-state index contributed by atoms with van der Waals surface area (Å²) in [5, 5.41) is 5.59. The number of carbonyl (C=O) groups excluding carboxylic acids is 1. The second-order valence-electron chi connectivity index (χ2n) is 5.17. The number of aryl methyl sites for hydroxylation is 1. The molecule has 0 radical (unpaired) electrons. The molecule has 2 aromatic heterocycles. The highest BCUT2D eigenvalue weighted by molar-refractivity contribution is 7.16. The molecule has 8 heteroatoms. The maximum Gasteiger partial charge on any atom is 0.262 e. The normalized spacial score (nSPS) is 10.8. The average Bonchev–Trinajstić information content (AvgIpc) is 3.03. The number of halogens is 1. The highest BCUT2D eigenvalue weighted by atomic mass is 35.5. The van der Waals surface area contributed by atoms with Crippen molar-refractivity contribution in [1.29, 1.82) is 0 Å². The number of benzene rings is 1. The molecule has 2 heterocycles. The number of rotatable bonds is 4. The molecule has 0 saturated carbocycles. The van der Waals surface area contributed by atoms with Crippen molar-refractivity contribution in [2.24, 2.45) is 0 Å². The summed E-state index contributed by atoms with van der Waals surface area (Å²) < 4.78 is 6.50. The molecule has 6 nitrogen and oxygen atoms in total. The van der Waals surface area contributed by atoms with Crippen molar-refractivity contribution in [2.45, 2.75) is 13.5 Å². The van der Waals surface area contributed by atoms with Crippen LogP contribution in [0.3, 0.4) is 0 Å². The molecule has 3 aromatic rings. The van der Waals surface area contributed by atoms with Crippen LogP contribution in [0.2, 0.25) is 5.02 Å². The van der Waals surface area contributed by atoms with Gasteiger partial charge in [-0.1, -0.05) is 11.6 Å². The Balaban J connectivity index is 1.84. The first kappa shape index (κ1) is 16.5. The van der Waals surface area contributed by atoms with E-state index in [-0.39, 0.29) is 18.0 Å². The van der Waals surface area contributed by atoms with Gasteiger partial charge in [0.25, 0.3) is 5.56 Å². The van der Waals surface area contributed by atoms with E-state index in [4.69, 9.17) is 16.3 Å². The summed E-state index contributed by atoms with van der Waals surface area (Å²) in [7, 11) is 1.50. The third-order valence-electron chi connectivity index (χ3n) is 3.52. The number of thiophene rings is 1. The Morgan fingerprint density at radius 3 is 3.00 bits per heavy atom. The molecule has 3 rings (SSSR count). The number of hydrogen-bond donors (Lipinski definition) is 1. The largest absolute Gasteiger partial charge is 0.495 e. The lowest BCUT2D eigenvalue weighted by Crippen LogP contribution is -2.27. The van der Waals surface area contributed by atoms with Crippen molar-refractivity contribution in [3.63, 3.8) is 0 Å². The van der Waals surface area contributed by atoms with Crippen LogP contribution in [-0.2, 0) is 11.3 Å². The van der Waals surface area contributed by atoms with E-state index >= 15 is 0 Å². The number of hydrogen-bond acceptors (Lipinski definition) is 5. The minimum atomic E-state index is -0.353. The first-order valence-electron chi connectivity index (χ1n) is 7.06. The molecule has 24 heavy (non-hydrogen) atoms. The molecule has 1 amide bonds. The molecular formula is C16H14ClN3O3S. The molecule has 0 aliphatic carbocycles. The van der Waals surface area contributed by atoms with Crippen molar-refractivity contribution in [1.82, 2.24) is 9.55 Å². The van der Waals surface area contributed by atoms with Gasteiger partial charge in [0.05, 0.1) is 24.5 Å². The molecule has 0 atom stereocenters. The van der Waals surface area contributed by atoms with Crippen LogP contribution in [0, 0.1) is 6.92 Å². The number of nitrogens with zero attached hydrogens (tertiary/aromatic N) is 2. The number of carbonyl (C=O) groups is 1. The Bertz CT molecular complexity index is 980. The first-order chi connectivity index (χ1) is 11.5. The summed E-state index contributed by atoms with van der Waals surface area (Å²) in [6, 6.07) is 5.06. The number of anilines is 1. The summed E-state index contributed by atoms with van der Waals surface area (Å²) in [5.41, 5.74) is 1.07. The molecule has 0 fully saturated rings. The lowest BCUT2D eigenvalue weighted by Gasteiger charge is -2.12. The average molecular weight is 364 g/mol. The fourth-order valence-electron chi connectivity index (χ4n) is 2.28. The summed E-state index contributed by atoms with van der Waals surface area (Å²) in [5.74, 6) is 0.103. The minimum absolute atomic E-state index is 0.136. The lowest BCUT2D eigenvalue weighted by molar-refractivity contribution is -0.116. The van der Waals surface area contributed by atoms with E-state index < -0.39 is 0 Å². The van der Waals surface area contributed by atoms with Crippen LogP contribution in [0.1, 0.15) is 5.56 Å². The van der Waals surface area contributed by atoms with Gasteiger partial charge >= 0.3 is 0 Å². The maximum atomic E-state index is 12.3. The Labute approximate surface area is 146 Å². The van der Waals surface area contributed by atoms with Gasteiger partial charge in [0.15, 0.2) is 0 Å². The van der Waals surface area contributed by atoms with E-state index in [2.05, 4.69) is 10.3 Å². The molecular weight excluding hydrogens is 350 g/mol. The minimum Gasteiger partial charge on any atom is -0.495 e. The van der Waals surface area contributed by atoms with Crippen molar-refractivity contribution in [3.05, 3.63) is 50.8 Å². The second-order valence-corrected chi connectivity index (χ2v) is 6.47. The van der Waals surface area contributed by atoms with Crippen LogP contribution in [-0.4, -0.2) is 22.6 Å². The van der Waals surface area contributed by atoms with Crippen LogP contribution < -0.4 is 15.6 Å². The van der Waals surface area contributed by atoms with E-state index in [9.17, 15) is 9.59 Å². The molecule has 0 bridgehead atoms. The molecule has 0 aliphatic heterocycles. The van der Waals surface area contributed by atoms with Gasteiger partial charge in [0.2, 0.25) is 5.91 Å². The number of ether oxygens (including phenoxy) is 1. The second kappa shape index (κ2) is 6.62. The molecule has 124 valence electrons. The summed E-state index contributed by atoms with van der Waals surface area (Å²) in [4.78, 5) is 29.4. The summed E-state index contributed by atoms with van der Waals surface area (Å²) >= 11 is 7.44. The number of amides is 1. The Morgan fingerprint density at radius 1 is 1.46 bits per heavy atom. The maximum absolute atomic E-state index is 12.3. The monoisotopic (exact) mass is 363 g/mol. The van der Waals surface area contributed by atoms with Gasteiger partial charge in [-0.3, -0.25) is 14.2 Å². The van der Waals surface area contributed by atoms with E-state index in [1.165, 1.54) is 29.3 Å². The van der Waals surface area contributed by atoms with Crippen LogP contribution in [0.4, 0.5) is 5.69 Å². The third-order valence-corrected chi connectivity index (χ3v) is 4.75. The van der Waals surface area contributed by atoms with Gasteiger partial charge in [-0.05, 0) is 30.0 Å². The van der Waals surface area contributed by atoms with Crippen LogP contribution in [0.15, 0.2) is 34.7 Å². The molecule has 1 aromatic carbocycles. The SMILES string of the molecule is COc1cc(Cl)c(C)cc1NC(=O)Cn1cnc2sccc2c1=O. The Kier molecular flexibility index (Phi) is 4.55. The van der Waals surface area contributed by atoms with Crippen LogP contribution >= 0.6 is 22.9 Å². The van der Waals surface area contributed by atoms with Crippen LogP contribution in [0.5, 0.6) is 5.75 Å². The van der Waals surface area contributed by atoms with Gasteiger partial charge in [-0.25, -0.2) is 4.98 Å². The molecule has 1 N–H and O–H groups in total. The smallest absolute Gasteiger partial charge is 0.262 e. The van der Waals surface area contributed by atoms with Crippen molar-refractivity contribution in [2.75, 3.05) is 12.4 Å². The number of aromatic nitrogens is 2. The van der Waals surface area contributed by atoms with Gasteiger partial charge in [0.1, 0.15) is 17.1 Å². The first-order valence-corrected chi connectivity index (χ1v) is 8.32. The lowest BCUT2D eigenvalue weighted by atomic mass is 10.2. The van der Waals surface area contributed by atoms with Crippen molar-refractivity contribution >= 4 is 44.7 Å². The predicted molar refractivity (Wildman–Crippen MR) is 95.3 cm³/mol. The topological polar surface area (TPSA) is 73.2 Å². The zero-order valence-electron chi connectivity index (χ0n) is 13.0. The standard InChI is InChI=1S/C16H14ClN3O3S/c1-9-5-12(13(23-2)6-11(9)17)19-14(21)7-20-8-18-15-10(16(20)22)3-4-24-15/h3-6,8H,7H2,1-2H3,(H,19,21). The van der Waals surface area contributed by atoms with E-state index in [1.54, 1.807) is 23.6 Å². The van der Waals surface area contributed by atoms with Gasteiger partial charge in [-0.2, -0.15) is 0 Å². The van der Waals surface area contributed by atoms with Gasteiger partial charge < -0.3 is 10.1 Å². The third kappa shape index (κ3) is 3.13. The molecule has 0 spiro atoms.